The zero-order valence-electron chi connectivity index (χ0n) is 8.55. The molecule has 0 aromatic carbocycles. The lowest BCUT2D eigenvalue weighted by Crippen LogP contribution is -2.17. The van der Waals surface area contributed by atoms with E-state index in [1.165, 1.54) is 0 Å². The van der Waals surface area contributed by atoms with Crippen LogP contribution in [0.1, 0.15) is 47.0 Å². The van der Waals surface area contributed by atoms with Gasteiger partial charge in [0.1, 0.15) is 0 Å². The van der Waals surface area contributed by atoms with Gasteiger partial charge in [0.15, 0.2) is 0 Å². The van der Waals surface area contributed by atoms with Gasteiger partial charge in [0.25, 0.3) is 5.91 Å². The smallest absolute Gasteiger partial charge is 0.250 e. The highest BCUT2D eigenvalue weighted by Crippen LogP contribution is 2.14. The van der Waals surface area contributed by atoms with Crippen molar-refractivity contribution in [1.29, 1.82) is 0 Å². The molecule has 70 valence electrons. The number of carbonyl (C=O) groups excluding carboxylic acids is 1. The summed E-state index contributed by atoms with van der Waals surface area (Å²) in [5.41, 5.74) is -0.331. The Balaban J connectivity index is 3.77. The first kappa shape index (κ1) is 11.3. The van der Waals surface area contributed by atoms with Gasteiger partial charge in [-0.1, -0.05) is 34.1 Å². The van der Waals surface area contributed by atoms with Crippen LogP contribution in [0, 0.1) is 5.41 Å². The third-order valence-electron chi connectivity index (χ3n) is 1.54. The molecule has 0 atom stereocenters. The van der Waals surface area contributed by atoms with Gasteiger partial charge >= 0.3 is 0 Å². The molecule has 0 saturated heterocycles. The number of amides is 1. The number of rotatable bonds is 3. The SMILES string of the molecule is CCCC/C=N/C(=O)C(C)(C)C. The summed E-state index contributed by atoms with van der Waals surface area (Å²) in [6.45, 7) is 7.77. The van der Waals surface area contributed by atoms with Crippen molar-refractivity contribution < 1.29 is 4.79 Å². The van der Waals surface area contributed by atoms with E-state index in [9.17, 15) is 4.79 Å². The fourth-order valence-electron chi connectivity index (χ4n) is 0.637. The average Bonchev–Trinajstić information content (AvgIpc) is 1.96. The minimum atomic E-state index is -0.331. The molecule has 12 heavy (non-hydrogen) atoms. The van der Waals surface area contributed by atoms with Crippen LogP contribution >= 0.6 is 0 Å². The van der Waals surface area contributed by atoms with E-state index >= 15 is 0 Å². The fraction of sp³-hybridized carbons (Fsp3) is 0.800. The van der Waals surface area contributed by atoms with E-state index in [2.05, 4.69) is 11.9 Å². The monoisotopic (exact) mass is 169 g/mol. The van der Waals surface area contributed by atoms with E-state index in [1.807, 2.05) is 20.8 Å². The Morgan fingerprint density at radius 2 is 2.00 bits per heavy atom. The fourth-order valence-corrected chi connectivity index (χ4v) is 0.637. The highest BCUT2D eigenvalue weighted by atomic mass is 16.1. The van der Waals surface area contributed by atoms with Crippen LogP contribution in [0.15, 0.2) is 4.99 Å². The van der Waals surface area contributed by atoms with Crippen molar-refractivity contribution in [3.8, 4) is 0 Å². The molecule has 2 heteroatoms. The molecule has 0 unspecified atom stereocenters. The van der Waals surface area contributed by atoms with E-state index in [0.29, 0.717) is 0 Å². The Morgan fingerprint density at radius 1 is 1.42 bits per heavy atom. The van der Waals surface area contributed by atoms with Crippen LogP contribution in [0.2, 0.25) is 0 Å². The molecule has 0 aliphatic rings. The molecule has 0 aromatic rings. The Labute approximate surface area is 75.1 Å². The summed E-state index contributed by atoms with van der Waals surface area (Å²) in [7, 11) is 0. The second-order valence-corrected chi connectivity index (χ2v) is 4.01. The summed E-state index contributed by atoms with van der Waals surface area (Å²) in [6, 6.07) is 0. The van der Waals surface area contributed by atoms with E-state index in [4.69, 9.17) is 0 Å². The van der Waals surface area contributed by atoms with Gasteiger partial charge in [0, 0.05) is 11.6 Å². The van der Waals surface area contributed by atoms with E-state index in [0.717, 1.165) is 19.3 Å². The van der Waals surface area contributed by atoms with Crippen LogP contribution < -0.4 is 0 Å². The topological polar surface area (TPSA) is 29.4 Å². The molecule has 0 saturated carbocycles. The van der Waals surface area contributed by atoms with Gasteiger partial charge in [-0.3, -0.25) is 4.79 Å². The minimum Gasteiger partial charge on any atom is -0.272 e. The largest absolute Gasteiger partial charge is 0.272 e. The lowest BCUT2D eigenvalue weighted by atomic mass is 9.96. The number of carbonyl (C=O) groups is 1. The van der Waals surface area contributed by atoms with Gasteiger partial charge in [-0.05, 0) is 12.8 Å². The summed E-state index contributed by atoms with van der Waals surface area (Å²) < 4.78 is 0. The number of nitrogens with zero attached hydrogens (tertiary/aromatic N) is 1. The van der Waals surface area contributed by atoms with Gasteiger partial charge in [-0.15, -0.1) is 0 Å². The van der Waals surface area contributed by atoms with Crippen LogP contribution in [0.4, 0.5) is 0 Å². The summed E-state index contributed by atoms with van der Waals surface area (Å²) in [4.78, 5) is 15.1. The van der Waals surface area contributed by atoms with Crippen LogP contribution in [0.5, 0.6) is 0 Å². The molecule has 0 fully saturated rings. The predicted octanol–water partition coefficient (Wildman–Crippen LogP) is 2.82. The summed E-state index contributed by atoms with van der Waals surface area (Å²) in [5.74, 6) is -0.0291. The molecular formula is C10H19NO. The van der Waals surface area contributed by atoms with E-state index in [1.54, 1.807) is 6.21 Å². The van der Waals surface area contributed by atoms with E-state index < -0.39 is 0 Å². The molecule has 0 heterocycles. The number of unbranched alkanes of at least 4 members (excludes halogenated alkanes) is 2. The molecular weight excluding hydrogens is 150 g/mol. The first-order valence-electron chi connectivity index (χ1n) is 4.55. The Bertz CT molecular complexity index is 165. The maximum absolute atomic E-state index is 11.2. The Morgan fingerprint density at radius 3 is 2.42 bits per heavy atom. The highest BCUT2D eigenvalue weighted by Gasteiger charge is 2.19. The van der Waals surface area contributed by atoms with Crippen molar-refractivity contribution in [2.75, 3.05) is 0 Å². The lowest BCUT2D eigenvalue weighted by molar-refractivity contribution is -0.124. The van der Waals surface area contributed by atoms with Crippen LogP contribution in [-0.4, -0.2) is 12.1 Å². The van der Waals surface area contributed by atoms with E-state index in [-0.39, 0.29) is 11.3 Å². The second kappa shape index (κ2) is 5.07. The molecule has 0 radical (unpaired) electrons. The number of hydrogen-bond acceptors (Lipinski definition) is 1. The van der Waals surface area contributed by atoms with Crippen molar-refractivity contribution in [2.24, 2.45) is 10.4 Å². The number of aliphatic imine (C=N–C) groups is 1. The van der Waals surface area contributed by atoms with Crippen molar-refractivity contribution >= 4 is 12.1 Å². The van der Waals surface area contributed by atoms with Gasteiger partial charge in [0.2, 0.25) is 0 Å². The van der Waals surface area contributed by atoms with Crippen LogP contribution in [-0.2, 0) is 4.79 Å². The molecule has 0 N–H and O–H groups in total. The number of hydrogen-bond donors (Lipinski definition) is 0. The predicted molar refractivity (Wildman–Crippen MR) is 52.5 cm³/mol. The maximum atomic E-state index is 11.2. The molecule has 0 aliphatic heterocycles. The quantitative estimate of drug-likeness (QED) is 0.472. The Hall–Kier alpha value is -0.660. The normalized spacial score (nSPS) is 12.3. The van der Waals surface area contributed by atoms with Crippen molar-refractivity contribution in [3.05, 3.63) is 0 Å². The zero-order valence-corrected chi connectivity index (χ0v) is 8.55. The molecule has 0 aliphatic carbocycles. The van der Waals surface area contributed by atoms with Crippen molar-refractivity contribution in [1.82, 2.24) is 0 Å². The Kier molecular flexibility index (Phi) is 4.79. The summed E-state index contributed by atoms with van der Waals surface area (Å²) in [5, 5.41) is 0. The second-order valence-electron chi connectivity index (χ2n) is 4.01. The standard InChI is InChI=1S/C10H19NO/c1-5-6-7-8-11-9(12)10(2,3)4/h8H,5-7H2,1-4H3/b11-8+. The maximum Gasteiger partial charge on any atom is 0.250 e. The van der Waals surface area contributed by atoms with Gasteiger partial charge < -0.3 is 0 Å². The molecule has 2 nitrogen and oxygen atoms in total. The lowest BCUT2D eigenvalue weighted by Gasteiger charge is -2.11. The first-order valence-corrected chi connectivity index (χ1v) is 4.55. The van der Waals surface area contributed by atoms with Crippen molar-refractivity contribution in [3.63, 3.8) is 0 Å². The average molecular weight is 169 g/mol. The molecule has 0 aromatic heterocycles. The van der Waals surface area contributed by atoms with Gasteiger partial charge in [-0.25, -0.2) is 4.99 Å². The van der Waals surface area contributed by atoms with Crippen molar-refractivity contribution in [2.45, 2.75) is 47.0 Å². The van der Waals surface area contributed by atoms with Crippen LogP contribution in [0.25, 0.3) is 0 Å². The zero-order chi connectivity index (χ0) is 9.61. The van der Waals surface area contributed by atoms with Gasteiger partial charge in [0.05, 0.1) is 0 Å². The summed E-state index contributed by atoms with van der Waals surface area (Å²) in [6.07, 6.45) is 4.91. The molecule has 0 bridgehead atoms. The van der Waals surface area contributed by atoms with Crippen LogP contribution in [0.3, 0.4) is 0 Å². The van der Waals surface area contributed by atoms with Gasteiger partial charge in [-0.2, -0.15) is 0 Å². The third kappa shape index (κ3) is 5.05. The third-order valence-corrected chi connectivity index (χ3v) is 1.54. The first-order chi connectivity index (χ1) is 5.48. The summed E-state index contributed by atoms with van der Waals surface area (Å²) >= 11 is 0. The highest BCUT2D eigenvalue weighted by molar-refractivity contribution is 5.88. The minimum absolute atomic E-state index is 0.0291. The molecule has 0 spiro atoms. The molecule has 0 rings (SSSR count). The molecule has 1 amide bonds.